The molecule has 0 N–H and O–H groups in total. The van der Waals surface area contributed by atoms with Gasteiger partial charge in [0, 0.05) is 19.6 Å². The molecule has 2 rings (SSSR count). The van der Waals surface area contributed by atoms with Crippen LogP contribution in [-0.4, -0.2) is 56.2 Å². The number of hydrogen-bond acceptors (Lipinski definition) is 4. The van der Waals surface area contributed by atoms with Gasteiger partial charge in [-0.15, -0.1) is 0 Å². The van der Waals surface area contributed by atoms with Crippen LogP contribution < -0.4 is 0 Å². The summed E-state index contributed by atoms with van der Waals surface area (Å²) in [5.41, 5.74) is 1.60. The largest absolute Gasteiger partial charge is 0.447 e. The Labute approximate surface area is 119 Å². The fourth-order valence-electron chi connectivity index (χ4n) is 2.00. The summed E-state index contributed by atoms with van der Waals surface area (Å²) in [7, 11) is 0. The lowest BCUT2D eigenvalue weighted by molar-refractivity contribution is 0.0288. The minimum Gasteiger partial charge on any atom is -0.447 e. The molecular formula is C15H20N2O3. The first-order chi connectivity index (χ1) is 9.75. The quantitative estimate of drug-likeness (QED) is 0.789. The van der Waals surface area contributed by atoms with Crippen LogP contribution in [0.15, 0.2) is 35.3 Å². The molecule has 1 aliphatic rings. The summed E-state index contributed by atoms with van der Waals surface area (Å²) in [4.78, 5) is 17.8. The molecule has 1 aromatic carbocycles. The third-order valence-electron chi connectivity index (χ3n) is 3.19. The highest BCUT2D eigenvalue weighted by molar-refractivity contribution is 6.03. The highest BCUT2D eigenvalue weighted by Crippen LogP contribution is 2.02. The van der Waals surface area contributed by atoms with Crippen molar-refractivity contribution in [2.24, 2.45) is 4.99 Å². The molecule has 20 heavy (non-hydrogen) atoms. The Morgan fingerprint density at radius 3 is 2.70 bits per heavy atom. The Balaban J connectivity index is 1.74. The fraction of sp³-hybridized carbons (Fsp3) is 0.467. The molecule has 0 radical (unpaired) electrons. The van der Waals surface area contributed by atoms with E-state index in [4.69, 9.17) is 9.47 Å². The van der Waals surface area contributed by atoms with Crippen LogP contribution >= 0.6 is 0 Å². The van der Waals surface area contributed by atoms with Crippen LogP contribution in [0.5, 0.6) is 0 Å². The van der Waals surface area contributed by atoms with Crippen LogP contribution in [0.1, 0.15) is 12.5 Å². The summed E-state index contributed by atoms with van der Waals surface area (Å²) in [5, 5.41) is 0. The van der Waals surface area contributed by atoms with Gasteiger partial charge in [0.15, 0.2) is 0 Å². The van der Waals surface area contributed by atoms with Crippen LogP contribution in [0.25, 0.3) is 0 Å². The zero-order chi connectivity index (χ0) is 14.2. The Morgan fingerprint density at radius 2 is 2.00 bits per heavy atom. The van der Waals surface area contributed by atoms with E-state index in [9.17, 15) is 4.79 Å². The highest BCUT2D eigenvalue weighted by atomic mass is 16.5. The number of morpholine rings is 1. The second kappa shape index (κ2) is 7.77. The van der Waals surface area contributed by atoms with E-state index in [2.05, 4.69) is 9.89 Å². The van der Waals surface area contributed by atoms with Gasteiger partial charge in [-0.25, -0.2) is 4.79 Å². The second-order valence-electron chi connectivity index (χ2n) is 4.63. The summed E-state index contributed by atoms with van der Waals surface area (Å²) in [6.07, 6.45) is -0.528. The molecule has 5 nitrogen and oxygen atoms in total. The number of amides is 1. The van der Waals surface area contributed by atoms with Crippen LogP contribution in [0.2, 0.25) is 0 Å². The summed E-state index contributed by atoms with van der Waals surface area (Å²) in [6, 6.07) is 9.59. The van der Waals surface area contributed by atoms with Gasteiger partial charge in [-0.2, -0.15) is 4.99 Å². The molecule has 0 unspecified atom stereocenters. The average molecular weight is 276 g/mol. The van der Waals surface area contributed by atoms with Crippen LogP contribution in [0.3, 0.4) is 0 Å². The van der Waals surface area contributed by atoms with Crippen molar-refractivity contribution < 1.29 is 14.3 Å². The maximum atomic E-state index is 11.6. The molecule has 1 saturated heterocycles. The van der Waals surface area contributed by atoms with Crippen LogP contribution in [-0.2, 0) is 9.47 Å². The first kappa shape index (κ1) is 14.7. The number of carbonyl (C=O) groups excluding carboxylic acids is 1. The Kier molecular flexibility index (Phi) is 5.70. The summed E-state index contributed by atoms with van der Waals surface area (Å²) in [6.45, 7) is 6.18. The van der Waals surface area contributed by atoms with E-state index < -0.39 is 6.09 Å². The van der Waals surface area contributed by atoms with Crippen molar-refractivity contribution in [1.82, 2.24) is 4.90 Å². The lowest BCUT2D eigenvalue weighted by Crippen LogP contribution is -2.38. The monoisotopic (exact) mass is 276 g/mol. The number of ether oxygens (including phenoxy) is 2. The van der Waals surface area contributed by atoms with E-state index in [0.29, 0.717) is 12.3 Å². The van der Waals surface area contributed by atoms with Gasteiger partial charge in [-0.1, -0.05) is 30.3 Å². The van der Waals surface area contributed by atoms with Crippen molar-refractivity contribution in [1.29, 1.82) is 0 Å². The molecule has 1 aromatic rings. The molecule has 0 saturated carbocycles. The van der Waals surface area contributed by atoms with E-state index in [0.717, 1.165) is 38.4 Å². The van der Waals surface area contributed by atoms with Gasteiger partial charge in [-0.3, -0.25) is 4.90 Å². The van der Waals surface area contributed by atoms with Crippen LogP contribution in [0, 0.1) is 0 Å². The highest BCUT2D eigenvalue weighted by Gasteiger charge is 2.10. The maximum Gasteiger partial charge on any atom is 0.433 e. The summed E-state index contributed by atoms with van der Waals surface area (Å²) in [5.74, 6) is 0. The number of hydrogen-bond donors (Lipinski definition) is 0. The molecule has 1 aliphatic heterocycles. The van der Waals surface area contributed by atoms with Crippen molar-refractivity contribution >= 4 is 11.8 Å². The molecule has 1 amide bonds. The number of carbonyl (C=O) groups is 1. The summed E-state index contributed by atoms with van der Waals surface area (Å²) >= 11 is 0. The standard InChI is InChI=1S/C15H20N2O3/c1-13(14-5-3-2-4-6-14)16-15(18)20-12-9-17-7-10-19-11-8-17/h2-6H,7-12H2,1H3/b16-13-. The Bertz CT molecular complexity index is 453. The molecule has 108 valence electrons. The molecule has 1 fully saturated rings. The predicted octanol–water partition coefficient (Wildman–Crippen LogP) is 1.96. The lowest BCUT2D eigenvalue weighted by atomic mass is 10.1. The third-order valence-corrected chi connectivity index (χ3v) is 3.19. The van der Waals surface area contributed by atoms with E-state index in [1.165, 1.54) is 0 Å². The topological polar surface area (TPSA) is 51.1 Å². The number of benzene rings is 1. The SMILES string of the molecule is C/C(=N/C(=O)OCCN1CCOCC1)c1ccccc1. The van der Waals surface area contributed by atoms with Crippen molar-refractivity contribution in [2.75, 3.05) is 39.5 Å². The van der Waals surface area contributed by atoms with Gasteiger partial charge >= 0.3 is 6.09 Å². The van der Waals surface area contributed by atoms with E-state index in [1.807, 2.05) is 30.3 Å². The normalized spacial score (nSPS) is 16.9. The molecule has 1 heterocycles. The number of nitrogens with zero attached hydrogens (tertiary/aromatic N) is 2. The van der Waals surface area contributed by atoms with Gasteiger partial charge in [0.05, 0.1) is 18.9 Å². The van der Waals surface area contributed by atoms with Crippen molar-refractivity contribution in [3.8, 4) is 0 Å². The zero-order valence-corrected chi connectivity index (χ0v) is 11.7. The molecule has 0 atom stereocenters. The minimum absolute atomic E-state index is 0.365. The maximum absolute atomic E-state index is 11.6. The first-order valence-electron chi connectivity index (χ1n) is 6.83. The molecule has 0 aromatic heterocycles. The van der Waals surface area contributed by atoms with E-state index in [-0.39, 0.29) is 0 Å². The molecule has 0 aliphatic carbocycles. The number of aliphatic imine (C=N–C) groups is 1. The van der Waals surface area contributed by atoms with Crippen molar-refractivity contribution in [2.45, 2.75) is 6.92 Å². The second-order valence-corrected chi connectivity index (χ2v) is 4.63. The molecule has 5 heteroatoms. The van der Waals surface area contributed by atoms with Gasteiger partial charge < -0.3 is 9.47 Å². The Hall–Kier alpha value is -1.72. The van der Waals surface area contributed by atoms with Gasteiger partial charge in [0.25, 0.3) is 0 Å². The average Bonchev–Trinajstić information content (AvgIpc) is 2.49. The summed E-state index contributed by atoms with van der Waals surface area (Å²) < 4.78 is 10.4. The Morgan fingerprint density at radius 1 is 1.30 bits per heavy atom. The van der Waals surface area contributed by atoms with Gasteiger partial charge in [-0.05, 0) is 12.5 Å². The van der Waals surface area contributed by atoms with Gasteiger partial charge in [0.2, 0.25) is 0 Å². The lowest BCUT2D eigenvalue weighted by Gasteiger charge is -2.25. The zero-order valence-electron chi connectivity index (χ0n) is 11.7. The van der Waals surface area contributed by atoms with Gasteiger partial charge in [0.1, 0.15) is 6.61 Å². The third kappa shape index (κ3) is 4.75. The number of rotatable bonds is 4. The smallest absolute Gasteiger partial charge is 0.433 e. The van der Waals surface area contributed by atoms with Crippen molar-refractivity contribution in [3.05, 3.63) is 35.9 Å². The minimum atomic E-state index is -0.528. The molecule has 0 spiro atoms. The van der Waals surface area contributed by atoms with E-state index in [1.54, 1.807) is 6.92 Å². The van der Waals surface area contributed by atoms with Crippen LogP contribution in [0.4, 0.5) is 4.79 Å². The first-order valence-corrected chi connectivity index (χ1v) is 6.83. The van der Waals surface area contributed by atoms with Crippen molar-refractivity contribution in [3.63, 3.8) is 0 Å². The molecule has 0 bridgehead atoms. The van der Waals surface area contributed by atoms with E-state index >= 15 is 0 Å². The molecular weight excluding hydrogens is 256 g/mol. The predicted molar refractivity (Wildman–Crippen MR) is 77.3 cm³/mol. The fourth-order valence-corrected chi connectivity index (χ4v) is 2.00.